The van der Waals surface area contributed by atoms with Crippen molar-refractivity contribution in [3.63, 3.8) is 0 Å². The number of thiazole rings is 1. The van der Waals surface area contributed by atoms with Crippen LogP contribution in [0.2, 0.25) is 0 Å². The van der Waals surface area contributed by atoms with Crippen molar-refractivity contribution in [1.29, 1.82) is 0 Å². The number of nitrogens with zero attached hydrogens (tertiary/aromatic N) is 1. The van der Waals surface area contributed by atoms with E-state index in [1.165, 1.54) is 26.0 Å². The van der Waals surface area contributed by atoms with Crippen LogP contribution in [0.25, 0.3) is 10.6 Å². The molecule has 0 atom stereocenters. The lowest BCUT2D eigenvalue weighted by Crippen LogP contribution is -1.99. The summed E-state index contributed by atoms with van der Waals surface area (Å²) in [6.45, 7) is 9.12. The fourth-order valence-corrected chi connectivity index (χ4v) is 3.46. The molecule has 0 saturated carbocycles. The van der Waals surface area contributed by atoms with Gasteiger partial charge in [0.2, 0.25) is 0 Å². The Morgan fingerprint density at radius 2 is 1.84 bits per heavy atom. The number of halogens is 1. The van der Waals surface area contributed by atoms with E-state index < -0.39 is 0 Å². The molecule has 0 spiro atoms. The number of benzene rings is 1. The van der Waals surface area contributed by atoms with Gasteiger partial charge in [-0.15, -0.1) is 11.3 Å². The van der Waals surface area contributed by atoms with Gasteiger partial charge in [-0.2, -0.15) is 0 Å². The third kappa shape index (κ3) is 2.91. The average Bonchev–Trinajstić information content (AvgIpc) is 2.79. The third-order valence-corrected chi connectivity index (χ3v) is 5.54. The van der Waals surface area contributed by atoms with Crippen LogP contribution in [-0.4, -0.2) is 4.98 Å². The quantitative estimate of drug-likeness (QED) is 0.875. The Hall–Kier alpha value is -0.710. The molecule has 1 aromatic carbocycles. The molecule has 102 valence electrons. The van der Waals surface area contributed by atoms with E-state index in [2.05, 4.69) is 55.8 Å². The van der Waals surface area contributed by atoms with E-state index in [0.29, 0.717) is 12.5 Å². The molecule has 0 aliphatic heterocycles. The summed E-state index contributed by atoms with van der Waals surface area (Å²) in [7, 11) is 0. The Kier molecular flexibility index (Phi) is 4.43. The topological polar surface area (TPSA) is 38.9 Å². The van der Waals surface area contributed by atoms with Gasteiger partial charge in [0, 0.05) is 21.5 Å². The molecule has 2 rings (SSSR count). The summed E-state index contributed by atoms with van der Waals surface area (Å²) in [6, 6.07) is 4.36. The van der Waals surface area contributed by atoms with Crippen molar-refractivity contribution < 1.29 is 0 Å². The van der Waals surface area contributed by atoms with Crippen molar-refractivity contribution in [1.82, 2.24) is 4.98 Å². The molecule has 19 heavy (non-hydrogen) atoms. The molecular formula is C15H19BrN2S. The zero-order valence-electron chi connectivity index (χ0n) is 11.7. The van der Waals surface area contributed by atoms with Crippen molar-refractivity contribution in [3.8, 4) is 10.6 Å². The molecule has 2 nitrogen and oxygen atoms in total. The number of rotatable bonds is 3. The van der Waals surface area contributed by atoms with Gasteiger partial charge in [0.1, 0.15) is 5.01 Å². The highest BCUT2D eigenvalue weighted by Crippen LogP contribution is 2.34. The highest BCUT2D eigenvalue weighted by Gasteiger charge is 2.15. The molecule has 0 unspecified atom stereocenters. The predicted octanol–water partition coefficient (Wildman–Crippen LogP) is 4.77. The fraction of sp³-hybridized carbons (Fsp3) is 0.400. The zero-order valence-corrected chi connectivity index (χ0v) is 14.2. The van der Waals surface area contributed by atoms with E-state index in [4.69, 9.17) is 10.7 Å². The van der Waals surface area contributed by atoms with Gasteiger partial charge in [-0.05, 0) is 43.0 Å². The Balaban J connectivity index is 2.53. The van der Waals surface area contributed by atoms with Crippen molar-refractivity contribution >= 4 is 27.3 Å². The number of nitrogens with two attached hydrogens (primary N) is 1. The fourth-order valence-electron chi connectivity index (χ4n) is 2.15. The van der Waals surface area contributed by atoms with E-state index in [9.17, 15) is 0 Å². The second-order valence-corrected chi connectivity index (χ2v) is 6.99. The number of aromatic nitrogens is 1. The Morgan fingerprint density at radius 3 is 2.26 bits per heavy atom. The summed E-state index contributed by atoms with van der Waals surface area (Å²) >= 11 is 5.32. The largest absolute Gasteiger partial charge is 0.326 e. The molecule has 4 heteroatoms. The van der Waals surface area contributed by atoms with Crippen LogP contribution in [-0.2, 0) is 6.54 Å². The van der Waals surface area contributed by atoms with Gasteiger partial charge >= 0.3 is 0 Å². The first-order valence-electron chi connectivity index (χ1n) is 6.40. The van der Waals surface area contributed by atoms with Crippen molar-refractivity contribution in [2.24, 2.45) is 5.73 Å². The summed E-state index contributed by atoms with van der Waals surface area (Å²) in [5, 5.41) is 1.07. The first-order chi connectivity index (χ1) is 8.93. The smallest absolute Gasteiger partial charge is 0.123 e. The minimum absolute atomic E-state index is 0.418. The van der Waals surface area contributed by atoms with Crippen molar-refractivity contribution in [2.45, 2.75) is 40.2 Å². The monoisotopic (exact) mass is 338 g/mol. The summed E-state index contributed by atoms with van der Waals surface area (Å²) in [4.78, 5) is 5.98. The Morgan fingerprint density at radius 1 is 1.26 bits per heavy atom. The predicted molar refractivity (Wildman–Crippen MR) is 86.7 cm³/mol. The van der Waals surface area contributed by atoms with Crippen LogP contribution in [0.15, 0.2) is 16.6 Å². The number of hydrogen-bond donors (Lipinski definition) is 1. The zero-order chi connectivity index (χ0) is 14.2. The molecule has 1 heterocycles. The summed E-state index contributed by atoms with van der Waals surface area (Å²) in [5.74, 6) is 0.418. The first-order valence-corrected chi connectivity index (χ1v) is 8.01. The van der Waals surface area contributed by atoms with Gasteiger partial charge in [0.05, 0.1) is 5.69 Å². The summed E-state index contributed by atoms with van der Waals surface area (Å²) in [6.07, 6.45) is 0. The summed E-state index contributed by atoms with van der Waals surface area (Å²) < 4.78 is 1.18. The summed E-state index contributed by atoms with van der Waals surface area (Å²) in [5.41, 5.74) is 10.6. The molecule has 0 fully saturated rings. The maximum atomic E-state index is 5.83. The lowest BCUT2D eigenvalue weighted by molar-refractivity contribution is 0.814. The first kappa shape index (κ1) is 14.7. The second kappa shape index (κ2) is 5.73. The van der Waals surface area contributed by atoms with Gasteiger partial charge in [-0.1, -0.05) is 29.8 Å². The van der Waals surface area contributed by atoms with E-state index in [1.54, 1.807) is 11.3 Å². The molecule has 0 saturated heterocycles. The van der Waals surface area contributed by atoms with Gasteiger partial charge in [0.15, 0.2) is 0 Å². The maximum absolute atomic E-state index is 5.83. The lowest BCUT2D eigenvalue weighted by atomic mass is 10.1. The third-order valence-electron chi connectivity index (χ3n) is 3.14. The highest BCUT2D eigenvalue weighted by molar-refractivity contribution is 9.10. The maximum Gasteiger partial charge on any atom is 0.123 e. The molecule has 0 radical (unpaired) electrons. The van der Waals surface area contributed by atoms with Crippen LogP contribution < -0.4 is 5.73 Å². The van der Waals surface area contributed by atoms with E-state index in [0.717, 1.165) is 10.7 Å². The highest BCUT2D eigenvalue weighted by atomic mass is 79.9. The average molecular weight is 339 g/mol. The standard InChI is InChI=1S/C15H19BrN2S/c1-8(2)14-12(7-17)19-15(18-14)11-5-9(3)13(16)10(4)6-11/h5-6,8H,7,17H2,1-4H3. The Bertz CT molecular complexity index is 579. The molecule has 0 amide bonds. The van der Waals surface area contributed by atoms with E-state index in [-0.39, 0.29) is 0 Å². The van der Waals surface area contributed by atoms with Gasteiger partial charge < -0.3 is 5.73 Å². The Labute approximate surface area is 127 Å². The van der Waals surface area contributed by atoms with Crippen molar-refractivity contribution in [2.75, 3.05) is 0 Å². The molecule has 1 aromatic heterocycles. The SMILES string of the molecule is Cc1cc(-c2nc(C(C)C)c(CN)s2)cc(C)c1Br. The molecular weight excluding hydrogens is 320 g/mol. The number of hydrogen-bond acceptors (Lipinski definition) is 3. The van der Waals surface area contributed by atoms with Crippen molar-refractivity contribution in [3.05, 3.63) is 38.3 Å². The van der Waals surface area contributed by atoms with Crippen LogP contribution in [0, 0.1) is 13.8 Å². The molecule has 0 aliphatic rings. The second-order valence-electron chi connectivity index (χ2n) is 5.11. The van der Waals surface area contributed by atoms with Crippen LogP contribution in [0.5, 0.6) is 0 Å². The normalized spacial score (nSPS) is 11.3. The van der Waals surface area contributed by atoms with E-state index in [1.807, 2.05) is 0 Å². The van der Waals surface area contributed by atoms with Gasteiger partial charge in [0.25, 0.3) is 0 Å². The minimum Gasteiger partial charge on any atom is -0.326 e. The molecule has 2 N–H and O–H groups in total. The number of aryl methyl sites for hydroxylation is 2. The minimum atomic E-state index is 0.418. The van der Waals surface area contributed by atoms with Crippen LogP contribution in [0.3, 0.4) is 0 Å². The van der Waals surface area contributed by atoms with Gasteiger partial charge in [-0.25, -0.2) is 4.98 Å². The molecule has 0 aliphatic carbocycles. The van der Waals surface area contributed by atoms with Crippen LogP contribution in [0.4, 0.5) is 0 Å². The van der Waals surface area contributed by atoms with Gasteiger partial charge in [-0.3, -0.25) is 0 Å². The molecule has 0 bridgehead atoms. The van der Waals surface area contributed by atoms with Crippen LogP contribution >= 0.6 is 27.3 Å². The van der Waals surface area contributed by atoms with E-state index >= 15 is 0 Å². The van der Waals surface area contributed by atoms with Crippen LogP contribution in [0.1, 0.15) is 41.5 Å². The lowest BCUT2D eigenvalue weighted by Gasteiger charge is -2.05. The molecule has 2 aromatic rings.